The van der Waals surface area contributed by atoms with Crippen LogP contribution in [-0.4, -0.2) is 25.5 Å². The lowest BCUT2D eigenvalue weighted by Crippen LogP contribution is -2.13. The number of fused-ring (bicyclic) bond motifs is 1. The van der Waals surface area contributed by atoms with Crippen LogP contribution in [0.4, 0.5) is 18.9 Å². The molecule has 1 amide bonds. The lowest BCUT2D eigenvalue weighted by molar-refractivity contribution is -0.137. The van der Waals surface area contributed by atoms with Crippen LogP contribution in [0, 0.1) is 6.92 Å². The second-order valence-corrected chi connectivity index (χ2v) is 6.28. The monoisotopic (exact) mass is 397 g/mol. The number of anilines is 1. The molecule has 9 heteroatoms. The Morgan fingerprint density at radius 3 is 2.62 bits per heavy atom. The van der Waals surface area contributed by atoms with Crippen LogP contribution in [0.25, 0.3) is 16.9 Å². The second-order valence-electron chi connectivity index (χ2n) is 6.28. The summed E-state index contributed by atoms with van der Waals surface area (Å²) < 4.78 is 41.6. The van der Waals surface area contributed by atoms with Crippen molar-refractivity contribution >= 4 is 17.2 Å². The van der Waals surface area contributed by atoms with Crippen molar-refractivity contribution in [2.75, 3.05) is 5.32 Å². The fourth-order valence-corrected chi connectivity index (χ4v) is 2.97. The standard InChI is InChI=1S/C20H14F3N5O/c1-12-17(26-19(29)13-5-4-9-24-11-13)18-25-16(8-10-28(18)27-12)14-6-2-3-7-15(14)20(21,22)23/h2-11H,1H3,(H,26,29). The highest BCUT2D eigenvalue weighted by molar-refractivity contribution is 6.06. The van der Waals surface area contributed by atoms with Gasteiger partial charge in [0, 0.05) is 24.2 Å². The third-order valence-electron chi connectivity index (χ3n) is 4.33. The fourth-order valence-electron chi connectivity index (χ4n) is 2.97. The third-order valence-corrected chi connectivity index (χ3v) is 4.33. The van der Waals surface area contributed by atoms with Crippen molar-refractivity contribution < 1.29 is 18.0 Å². The maximum absolute atomic E-state index is 13.4. The summed E-state index contributed by atoms with van der Waals surface area (Å²) in [6.45, 7) is 1.68. The highest BCUT2D eigenvalue weighted by atomic mass is 19.4. The molecule has 0 atom stereocenters. The molecule has 1 N–H and O–H groups in total. The summed E-state index contributed by atoms with van der Waals surface area (Å²) in [6.07, 6.45) is -0.0481. The van der Waals surface area contributed by atoms with Gasteiger partial charge in [0.2, 0.25) is 0 Å². The number of amides is 1. The summed E-state index contributed by atoms with van der Waals surface area (Å²) >= 11 is 0. The molecule has 0 spiro atoms. The highest BCUT2D eigenvalue weighted by Gasteiger charge is 2.33. The van der Waals surface area contributed by atoms with Crippen molar-refractivity contribution in [1.29, 1.82) is 0 Å². The summed E-state index contributed by atoms with van der Waals surface area (Å²) in [5.41, 5.74) is 0.683. The molecule has 0 unspecified atom stereocenters. The molecule has 146 valence electrons. The molecule has 4 aromatic rings. The summed E-state index contributed by atoms with van der Waals surface area (Å²) in [5, 5.41) is 6.99. The number of carbonyl (C=O) groups excluding carboxylic acids is 1. The Kier molecular flexibility index (Phi) is 4.50. The van der Waals surface area contributed by atoms with Crippen LogP contribution in [0.1, 0.15) is 21.6 Å². The van der Waals surface area contributed by atoms with Crippen LogP contribution >= 0.6 is 0 Å². The molecule has 29 heavy (non-hydrogen) atoms. The molecule has 0 radical (unpaired) electrons. The van der Waals surface area contributed by atoms with Gasteiger partial charge in [-0.25, -0.2) is 9.50 Å². The molecule has 4 rings (SSSR count). The molecule has 1 aromatic carbocycles. The Morgan fingerprint density at radius 1 is 1.10 bits per heavy atom. The molecule has 0 aliphatic carbocycles. The first-order valence-corrected chi connectivity index (χ1v) is 8.58. The van der Waals surface area contributed by atoms with E-state index in [1.54, 1.807) is 25.3 Å². The van der Waals surface area contributed by atoms with E-state index in [9.17, 15) is 18.0 Å². The van der Waals surface area contributed by atoms with Crippen LogP contribution in [-0.2, 0) is 6.18 Å². The van der Waals surface area contributed by atoms with Gasteiger partial charge in [0.05, 0.1) is 22.5 Å². The zero-order valence-electron chi connectivity index (χ0n) is 15.1. The van der Waals surface area contributed by atoms with Crippen molar-refractivity contribution in [2.45, 2.75) is 13.1 Å². The maximum Gasteiger partial charge on any atom is 0.417 e. The van der Waals surface area contributed by atoms with Crippen LogP contribution in [0.2, 0.25) is 0 Å². The summed E-state index contributed by atoms with van der Waals surface area (Å²) in [7, 11) is 0. The molecule has 3 heterocycles. The van der Waals surface area contributed by atoms with Gasteiger partial charge in [0.25, 0.3) is 5.91 Å². The number of carbonyl (C=O) groups is 1. The Balaban J connectivity index is 1.80. The van der Waals surface area contributed by atoms with Crippen molar-refractivity contribution in [2.24, 2.45) is 0 Å². The van der Waals surface area contributed by atoms with Gasteiger partial charge >= 0.3 is 6.18 Å². The number of nitrogens with one attached hydrogen (secondary N) is 1. The molecule has 0 fully saturated rings. The maximum atomic E-state index is 13.4. The number of alkyl halides is 3. The largest absolute Gasteiger partial charge is 0.417 e. The van der Waals surface area contributed by atoms with E-state index in [-0.39, 0.29) is 16.9 Å². The van der Waals surface area contributed by atoms with Gasteiger partial charge in [0.1, 0.15) is 5.69 Å². The van der Waals surface area contributed by atoms with E-state index in [1.807, 2.05) is 0 Å². The van der Waals surface area contributed by atoms with Crippen LogP contribution in [0.5, 0.6) is 0 Å². The summed E-state index contributed by atoms with van der Waals surface area (Å²) in [6, 6.07) is 9.89. The molecular formula is C20H14F3N5O. The first kappa shape index (κ1) is 18.6. The highest BCUT2D eigenvalue weighted by Crippen LogP contribution is 2.36. The SMILES string of the molecule is Cc1nn2ccc(-c3ccccc3C(F)(F)F)nc2c1NC(=O)c1cccnc1. The number of aryl methyl sites for hydroxylation is 1. The van der Waals surface area contributed by atoms with E-state index in [4.69, 9.17) is 0 Å². The van der Waals surface area contributed by atoms with Crippen molar-refractivity contribution in [3.05, 3.63) is 77.9 Å². The smallest absolute Gasteiger partial charge is 0.317 e. The summed E-state index contributed by atoms with van der Waals surface area (Å²) in [5.74, 6) is -0.418. The number of nitrogens with zero attached hydrogens (tertiary/aromatic N) is 4. The van der Waals surface area contributed by atoms with E-state index >= 15 is 0 Å². The van der Waals surface area contributed by atoms with Gasteiger partial charge in [-0.05, 0) is 31.2 Å². The average molecular weight is 397 g/mol. The van der Waals surface area contributed by atoms with E-state index in [2.05, 4.69) is 20.4 Å². The van der Waals surface area contributed by atoms with Crippen LogP contribution in [0.15, 0.2) is 61.1 Å². The number of benzene rings is 1. The normalized spacial score (nSPS) is 11.6. The van der Waals surface area contributed by atoms with Gasteiger partial charge in [-0.15, -0.1) is 0 Å². The van der Waals surface area contributed by atoms with Crippen molar-refractivity contribution in [1.82, 2.24) is 19.6 Å². The second kappa shape index (κ2) is 7.01. The summed E-state index contributed by atoms with van der Waals surface area (Å²) in [4.78, 5) is 20.7. The Hall–Kier alpha value is -3.75. The van der Waals surface area contributed by atoms with Gasteiger partial charge in [-0.1, -0.05) is 18.2 Å². The number of aromatic nitrogens is 4. The molecule has 0 saturated carbocycles. The Bertz CT molecular complexity index is 1200. The molecule has 0 bridgehead atoms. The third kappa shape index (κ3) is 3.54. The minimum Gasteiger partial charge on any atom is -0.317 e. The first-order valence-electron chi connectivity index (χ1n) is 8.58. The van der Waals surface area contributed by atoms with Crippen LogP contribution < -0.4 is 5.32 Å². The molecule has 6 nitrogen and oxygen atoms in total. The van der Waals surface area contributed by atoms with E-state index in [1.165, 1.54) is 41.2 Å². The minimum absolute atomic E-state index is 0.0501. The number of rotatable bonds is 3. The van der Waals surface area contributed by atoms with Crippen molar-refractivity contribution in [3.63, 3.8) is 0 Å². The van der Waals surface area contributed by atoms with Gasteiger partial charge < -0.3 is 5.32 Å². The van der Waals surface area contributed by atoms with Crippen LogP contribution in [0.3, 0.4) is 0 Å². The topological polar surface area (TPSA) is 72.2 Å². The van der Waals surface area contributed by atoms with Crippen molar-refractivity contribution in [3.8, 4) is 11.3 Å². The van der Waals surface area contributed by atoms with Gasteiger partial charge in [-0.3, -0.25) is 9.78 Å². The fraction of sp³-hybridized carbons (Fsp3) is 0.100. The average Bonchev–Trinajstić information content (AvgIpc) is 3.02. The lowest BCUT2D eigenvalue weighted by atomic mass is 10.0. The predicted octanol–water partition coefficient (Wildman–Crippen LogP) is 4.37. The number of halogens is 3. The lowest BCUT2D eigenvalue weighted by Gasteiger charge is -2.12. The number of hydrogen-bond acceptors (Lipinski definition) is 4. The quantitative estimate of drug-likeness (QED) is 0.557. The Morgan fingerprint density at radius 2 is 1.90 bits per heavy atom. The predicted molar refractivity (Wildman–Crippen MR) is 100 cm³/mol. The molecule has 3 aromatic heterocycles. The Labute approximate surface area is 163 Å². The van der Waals surface area contributed by atoms with E-state index < -0.39 is 17.6 Å². The minimum atomic E-state index is -4.52. The molecule has 0 aliphatic heterocycles. The van der Waals surface area contributed by atoms with Gasteiger partial charge in [0.15, 0.2) is 5.65 Å². The molecular weight excluding hydrogens is 383 g/mol. The molecule has 0 aliphatic rings. The van der Waals surface area contributed by atoms with E-state index in [0.29, 0.717) is 16.9 Å². The number of hydrogen-bond donors (Lipinski definition) is 1. The molecule has 0 saturated heterocycles. The van der Waals surface area contributed by atoms with E-state index in [0.717, 1.165) is 6.07 Å². The first-order chi connectivity index (χ1) is 13.8. The van der Waals surface area contributed by atoms with Gasteiger partial charge in [-0.2, -0.15) is 18.3 Å². The zero-order valence-corrected chi connectivity index (χ0v) is 15.1. The number of pyridine rings is 1. The zero-order chi connectivity index (χ0) is 20.6.